The summed E-state index contributed by atoms with van der Waals surface area (Å²) < 4.78 is 23.5. The van der Waals surface area contributed by atoms with Crippen LogP contribution in [-0.4, -0.2) is 65.4 Å². The Labute approximate surface area is 321 Å². The number of cyclic esters (lactones) is 1. The van der Waals surface area contributed by atoms with Crippen LogP contribution in [-0.2, 0) is 36.8 Å². The largest absolute Gasteiger partial charge is 0.447 e. The van der Waals surface area contributed by atoms with Crippen LogP contribution in [0.3, 0.4) is 0 Å². The Morgan fingerprint density at radius 1 is 0.925 bits per heavy atom. The summed E-state index contributed by atoms with van der Waals surface area (Å²) in [5, 5.41) is -0.199. The van der Waals surface area contributed by atoms with Gasteiger partial charge in [-0.1, -0.05) is 105 Å². The first-order chi connectivity index (χ1) is 25.8. The van der Waals surface area contributed by atoms with Gasteiger partial charge in [0.2, 0.25) is 5.91 Å². The zero-order chi connectivity index (χ0) is 37.6. The first-order valence-corrected chi connectivity index (χ1v) is 19.5. The van der Waals surface area contributed by atoms with Crippen LogP contribution in [0.15, 0.2) is 97.1 Å². The minimum atomic E-state index is -1.25. The average molecular weight is 757 g/mol. The molecule has 3 aromatic carbocycles. The zero-order valence-electron chi connectivity index (χ0n) is 30.6. The van der Waals surface area contributed by atoms with Crippen molar-refractivity contribution in [3.05, 3.63) is 113 Å². The molecule has 1 saturated heterocycles. The summed E-state index contributed by atoms with van der Waals surface area (Å²) in [5.74, 6) is 0.0483. The number of unbranched alkanes of at least 4 members (excludes halogenated alkanes) is 4. The molecule has 1 aromatic heterocycles. The molecule has 0 aliphatic carbocycles. The molecule has 9 nitrogen and oxygen atoms in total. The number of amides is 3. The summed E-state index contributed by atoms with van der Waals surface area (Å²) in [7, 11) is 1.86. The van der Waals surface area contributed by atoms with E-state index < -0.39 is 30.3 Å². The smallest absolute Gasteiger partial charge is 0.417 e. The molecule has 11 heteroatoms. The number of benzene rings is 3. The summed E-state index contributed by atoms with van der Waals surface area (Å²) in [5.41, 5.74) is 2.53. The molecule has 1 aliphatic rings. The predicted molar refractivity (Wildman–Crippen MR) is 211 cm³/mol. The number of ether oxygens (including phenoxy) is 4. The average Bonchev–Trinajstić information content (AvgIpc) is 3.79. The maximum absolute atomic E-state index is 14.3. The van der Waals surface area contributed by atoms with Crippen LogP contribution in [0.1, 0.15) is 74.5 Å². The lowest BCUT2D eigenvalue weighted by molar-refractivity contribution is -0.149. The minimum Gasteiger partial charge on any atom is -0.447 e. The molecule has 1 fully saturated rings. The second kappa shape index (κ2) is 20.0. The van der Waals surface area contributed by atoms with E-state index in [0.717, 1.165) is 38.6 Å². The first-order valence-electron chi connectivity index (χ1n) is 18.3. The minimum absolute atomic E-state index is 0.0693. The van der Waals surface area contributed by atoms with Gasteiger partial charge in [0.05, 0.1) is 12.6 Å². The van der Waals surface area contributed by atoms with E-state index in [1.54, 1.807) is 35.3 Å². The molecule has 1 unspecified atom stereocenters. The number of thiocarbonyl (C=S) groups is 1. The van der Waals surface area contributed by atoms with Gasteiger partial charge in [-0.05, 0) is 60.7 Å². The van der Waals surface area contributed by atoms with Gasteiger partial charge < -0.3 is 23.8 Å². The lowest BCUT2D eigenvalue weighted by atomic mass is 9.99. The van der Waals surface area contributed by atoms with Crippen molar-refractivity contribution in [2.24, 2.45) is 0 Å². The molecule has 0 N–H and O–H groups in total. The van der Waals surface area contributed by atoms with Crippen LogP contribution in [0.25, 0.3) is 10.4 Å². The van der Waals surface area contributed by atoms with Crippen molar-refractivity contribution < 1.29 is 33.3 Å². The lowest BCUT2D eigenvalue weighted by Crippen LogP contribution is -2.49. The van der Waals surface area contributed by atoms with Crippen molar-refractivity contribution >= 4 is 46.7 Å². The highest BCUT2D eigenvalue weighted by molar-refractivity contribution is 7.79. The summed E-state index contributed by atoms with van der Waals surface area (Å²) in [4.78, 5) is 45.2. The van der Waals surface area contributed by atoms with Gasteiger partial charge in [0.1, 0.15) is 12.4 Å². The van der Waals surface area contributed by atoms with Gasteiger partial charge in [-0.3, -0.25) is 9.59 Å². The van der Waals surface area contributed by atoms with Crippen LogP contribution in [0.2, 0.25) is 0 Å². The van der Waals surface area contributed by atoms with E-state index in [4.69, 9.17) is 31.2 Å². The van der Waals surface area contributed by atoms with Crippen LogP contribution < -0.4 is 4.74 Å². The third-order valence-corrected chi connectivity index (χ3v) is 10.3. The first kappa shape index (κ1) is 39.6. The number of para-hydroxylation sites is 1. The van der Waals surface area contributed by atoms with Crippen molar-refractivity contribution in [3.8, 4) is 16.2 Å². The van der Waals surface area contributed by atoms with Crippen molar-refractivity contribution in [2.75, 3.05) is 20.3 Å². The topological polar surface area (TPSA) is 94.6 Å². The Bertz CT molecular complexity index is 1780. The lowest BCUT2D eigenvalue weighted by Gasteiger charge is -2.30. The Morgan fingerprint density at radius 2 is 1.62 bits per heavy atom. The molecule has 3 amide bonds. The van der Waals surface area contributed by atoms with E-state index in [2.05, 4.69) is 13.0 Å². The summed E-state index contributed by atoms with van der Waals surface area (Å²) in [6.45, 7) is 4.75. The molecule has 0 spiro atoms. The Hall–Kier alpha value is -4.58. The van der Waals surface area contributed by atoms with E-state index in [1.165, 1.54) is 19.3 Å². The fourth-order valence-electron chi connectivity index (χ4n) is 6.24. The third-order valence-electron chi connectivity index (χ3n) is 9.04. The number of thiophene rings is 1. The highest BCUT2D eigenvalue weighted by Gasteiger charge is 2.45. The van der Waals surface area contributed by atoms with Gasteiger partial charge in [0, 0.05) is 42.0 Å². The quantitative estimate of drug-likeness (QED) is 0.0733. The predicted octanol–water partition coefficient (Wildman–Crippen LogP) is 9.15. The highest BCUT2D eigenvalue weighted by Crippen LogP contribution is 2.33. The normalized spacial score (nSPS) is 15.0. The number of carbonyl (C=O) groups excluding carboxylic acids is 3. The van der Waals surface area contributed by atoms with Crippen molar-refractivity contribution in [1.82, 2.24) is 9.80 Å². The summed E-state index contributed by atoms with van der Waals surface area (Å²) in [6, 6.07) is 29.8. The van der Waals surface area contributed by atoms with Crippen LogP contribution >= 0.6 is 23.6 Å². The molecule has 0 saturated carbocycles. The van der Waals surface area contributed by atoms with Crippen molar-refractivity contribution in [2.45, 2.75) is 83.6 Å². The standard InChI is InChI=1S/C42H48N2O7S2/c1-4-6-7-8-15-20-37(45)43(3)28-35-25-26-36(53-35)31-21-23-32(24-22-31)38(51-42(52)50-34-18-13-10-14-19-34)39(48-5-2)40(46)44-33(29-49-41(44)47)27-30-16-11-9-12-17-30/h9-14,16-19,21-26,33,38-39H,4-8,15,20,27-29H2,1-3H3/t33-,38?,39-/m0/s1. The van der Waals surface area contributed by atoms with Crippen LogP contribution in [0, 0.1) is 0 Å². The number of imide groups is 1. The van der Waals surface area contributed by atoms with Gasteiger partial charge in [0.15, 0.2) is 12.2 Å². The molecule has 4 aromatic rings. The monoisotopic (exact) mass is 756 g/mol. The second-order valence-corrected chi connectivity index (χ2v) is 14.5. The Morgan fingerprint density at radius 3 is 2.32 bits per heavy atom. The van der Waals surface area contributed by atoms with Crippen molar-refractivity contribution in [1.29, 1.82) is 0 Å². The Kier molecular flexibility index (Phi) is 15.0. The Balaban J connectivity index is 1.35. The van der Waals surface area contributed by atoms with Crippen LogP contribution in [0.5, 0.6) is 5.75 Å². The zero-order valence-corrected chi connectivity index (χ0v) is 32.2. The molecule has 3 atom stereocenters. The maximum Gasteiger partial charge on any atom is 0.417 e. The van der Waals surface area contributed by atoms with Gasteiger partial charge >= 0.3 is 11.3 Å². The summed E-state index contributed by atoms with van der Waals surface area (Å²) in [6.07, 6.45) is 3.54. The number of rotatable bonds is 18. The molecule has 1 aliphatic heterocycles. The third kappa shape index (κ3) is 11.2. The van der Waals surface area contributed by atoms with E-state index in [1.807, 2.05) is 85.9 Å². The molecular weight excluding hydrogens is 709 g/mol. The molecule has 0 bridgehead atoms. The fraction of sp³-hybridized carbons (Fsp3) is 0.381. The van der Waals surface area contributed by atoms with E-state index in [0.29, 0.717) is 30.7 Å². The van der Waals surface area contributed by atoms with E-state index in [9.17, 15) is 14.4 Å². The molecule has 53 heavy (non-hydrogen) atoms. The number of nitrogens with zero attached hydrogens (tertiary/aromatic N) is 2. The van der Waals surface area contributed by atoms with Gasteiger partial charge in [-0.25, -0.2) is 9.69 Å². The highest BCUT2D eigenvalue weighted by atomic mass is 32.1. The maximum atomic E-state index is 14.3. The number of hydrogen-bond donors (Lipinski definition) is 0. The molecular formula is C42H48N2O7S2. The SMILES string of the molecule is CCCCCCCC(=O)N(C)Cc1ccc(-c2ccc(C(OC(=S)Oc3ccccc3)[C@H](OCC)C(=O)N3C(=O)OC[C@@H]3Cc3ccccc3)cc2)s1. The van der Waals surface area contributed by atoms with E-state index in [-0.39, 0.29) is 24.4 Å². The molecule has 280 valence electrons. The van der Waals surface area contributed by atoms with Gasteiger partial charge in [-0.2, -0.15) is 0 Å². The number of carbonyl (C=O) groups is 3. The summed E-state index contributed by atoms with van der Waals surface area (Å²) >= 11 is 7.15. The van der Waals surface area contributed by atoms with Gasteiger partial charge in [-0.15, -0.1) is 11.3 Å². The van der Waals surface area contributed by atoms with Crippen molar-refractivity contribution in [3.63, 3.8) is 0 Å². The molecule has 5 rings (SSSR count). The molecule has 0 radical (unpaired) electrons. The number of hydrogen-bond acceptors (Lipinski definition) is 9. The van der Waals surface area contributed by atoms with E-state index >= 15 is 0 Å². The second-order valence-electron chi connectivity index (χ2n) is 13.0. The van der Waals surface area contributed by atoms with Gasteiger partial charge in [0.25, 0.3) is 5.91 Å². The fourth-order valence-corrected chi connectivity index (χ4v) is 7.50. The molecule has 2 heterocycles. The van der Waals surface area contributed by atoms with Crippen LogP contribution in [0.4, 0.5) is 4.79 Å².